The zero-order valence-electron chi connectivity index (χ0n) is 28.0. The van der Waals surface area contributed by atoms with Gasteiger partial charge in [0.25, 0.3) is 0 Å². The quantitative estimate of drug-likeness (QED) is 0.177. The van der Waals surface area contributed by atoms with Crippen molar-refractivity contribution in [3.8, 4) is 33.6 Å². The van der Waals surface area contributed by atoms with E-state index < -0.39 is 11.7 Å². The van der Waals surface area contributed by atoms with E-state index in [0.29, 0.717) is 11.6 Å². The second-order valence-electron chi connectivity index (χ2n) is 13.8. The highest BCUT2D eigenvalue weighted by molar-refractivity contribution is 6.14. The minimum atomic E-state index is -4.40. The first-order valence-electron chi connectivity index (χ1n) is 17.2. The minimum Gasteiger partial charge on any atom is -0.309 e. The summed E-state index contributed by atoms with van der Waals surface area (Å²) in [6, 6.07) is 48.8. The summed E-state index contributed by atoms with van der Waals surface area (Å²) in [5.74, 6) is 0.301. The first-order chi connectivity index (χ1) is 24.8. The van der Waals surface area contributed by atoms with Crippen LogP contribution in [0.5, 0.6) is 0 Å². The molecule has 0 saturated carbocycles. The predicted octanol–water partition coefficient (Wildman–Crippen LogP) is 13.0. The van der Waals surface area contributed by atoms with E-state index in [0.717, 1.165) is 56.2 Å². The van der Waals surface area contributed by atoms with Gasteiger partial charge in [0.2, 0.25) is 0 Å². The molecule has 1 aliphatic rings. The molecule has 3 heterocycles. The van der Waals surface area contributed by atoms with E-state index in [1.165, 1.54) is 44.2 Å². The van der Waals surface area contributed by atoms with Crippen molar-refractivity contribution in [1.29, 1.82) is 0 Å². The molecule has 9 aromatic rings. The van der Waals surface area contributed by atoms with Gasteiger partial charge in [0.05, 0.1) is 27.6 Å². The van der Waals surface area contributed by atoms with E-state index in [4.69, 9.17) is 0 Å². The molecule has 2 nitrogen and oxygen atoms in total. The smallest absolute Gasteiger partial charge is 0.309 e. The number of fused-ring (bicyclic) bond motifs is 8. The summed E-state index contributed by atoms with van der Waals surface area (Å²) in [6.07, 6.45) is -4.40. The Hall–Kier alpha value is -6.07. The van der Waals surface area contributed by atoms with Crippen LogP contribution in [0.3, 0.4) is 0 Å². The third-order valence-corrected chi connectivity index (χ3v) is 10.9. The zero-order chi connectivity index (χ0) is 34.6. The fraction of sp³-hybridized carbons (Fsp3) is 0.0870. The number of alkyl halides is 3. The Morgan fingerprint density at radius 1 is 0.510 bits per heavy atom. The molecule has 2 aromatic heterocycles. The number of nitrogens with zero attached hydrogens (tertiary/aromatic N) is 2. The number of hydrogen-bond donors (Lipinski definition) is 0. The lowest BCUT2D eigenvalue weighted by molar-refractivity contribution is -0.137. The lowest BCUT2D eigenvalue weighted by Crippen LogP contribution is -2.11. The Labute approximate surface area is 292 Å². The molecule has 7 aromatic carbocycles. The maximum Gasteiger partial charge on any atom is 0.416 e. The number of halogens is 3. The van der Waals surface area contributed by atoms with Crippen LogP contribution < -0.4 is 0 Å². The van der Waals surface area contributed by atoms with Gasteiger partial charge in [-0.1, -0.05) is 85.8 Å². The van der Waals surface area contributed by atoms with Crippen LogP contribution in [0.25, 0.3) is 77.2 Å². The number of rotatable bonds is 3. The van der Waals surface area contributed by atoms with Crippen molar-refractivity contribution in [3.05, 3.63) is 168 Å². The summed E-state index contributed by atoms with van der Waals surface area (Å²) >= 11 is 0. The SMILES string of the molecule is Cc1ccccc1-c1ccc2c(c1)c1cc(-c3ccc4c(c3)c3cccc5c3n4-c3ccccc3C5C)ccc1n2-c1ccc(C(F)(F)F)cc1. The Balaban J connectivity index is 1.20. The van der Waals surface area contributed by atoms with Gasteiger partial charge in [0, 0.05) is 38.8 Å². The van der Waals surface area contributed by atoms with Gasteiger partial charge >= 0.3 is 6.18 Å². The molecule has 0 radical (unpaired) electrons. The monoisotopic (exact) mass is 668 g/mol. The zero-order valence-corrected chi connectivity index (χ0v) is 28.0. The van der Waals surface area contributed by atoms with Crippen LogP contribution in [0, 0.1) is 6.92 Å². The Kier molecular flexibility index (Phi) is 6.26. The number of benzene rings is 7. The van der Waals surface area contributed by atoms with E-state index in [-0.39, 0.29) is 0 Å². The highest BCUT2D eigenvalue weighted by atomic mass is 19.4. The Morgan fingerprint density at radius 3 is 1.76 bits per heavy atom. The largest absolute Gasteiger partial charge is 0.416 e. The van der Waals surface area contributed by atoms with Gasteiger partial charge in [-0.25, -0.2) is 0 Å². The molecular formula is C46H31F3N2. The topological polar surface area (TPSA) is 9.86 Å². The van der Waals surface area contributed by atoms with E-state index in [2.05, 4.69) is 132 Å². The van der Waals surface area contributed by atoms with Crippen molar-refractivity contribution in [1.82, 2.24) is 9.13 Å². The fourth-order valence-corrected chi connectivity index (χ4v) is 8.44. The Bertz CT molecular complexity index is 2870. The van der Waals surface area contributed by atoms with Gasteiger partial charge in [-0.15, -0.1) is 0 Å². The summed E-state index contributed by atoms with van der Waals surface area (Å²) < 4.78 is 45.0. The summed E-state index contributed by atoms with van der Waals surface area (Å²) in [4.78, 5) is 0. The molecule has 51 heavy (non-hydrogen) atoms. The molecule has 0 N–H and O–H groups in total. The average Bonchev–Trinajstić information content (AvgIpc) is 3.66. The third kappa shape index (κ3) is 4.37. The molecule has 0 fully saturated rings. The number of para-hydroxylation sites is 2. The molecule has 246 valence electrons. The minimum absolute atomic E-state index is 0.301. The normalized spacial score (nSPS) is 14.2. The average molecular weight is 669 g/mol. The third-order valence-electron chi connectivity index (χ3n) is 10.9. The van der Waals surface area contributed by atoms with Crippen molar-refractivity contribution in [3.63, 3.8) is 0 Å². The van der Waals surface area contributed by atoms with Gasteiger partial charge in [-0.3, -0.25) is 0 Å². The van der Waals surface area contributed by atoms with Crippen LogP contribution in [0.4, 0.5) is 13.2 Å². The Morgan fingerprint density at radius 2 is 1.08 bits per heavy atom. The van der Waals surface area contributed by atoms with Gasteiger partial charge in [-0.05, 0) is 113 Å². The number of aryl methyl sites for hydroxylation is 1. The molecule has 0 bridgehead atoms. The maximum atomic E-state index is 13.5. The van der Waals surface area contributed by atoms with Gasteiger partial charge < -0.3 is 9.13 Å². The molecule has 1 unspecified atom stereocenters. The van der Waals surface area contributed by atoms with Crippen LogP contribution in [0.1, 0.15) is 35.1 Å². The second kappa shape index (κ2) is 10.7. The van der Waals surface area contributed by atoms with Crippen LogP contribution in [-0.2, 0) is 6.18 Å². The van der Waals surface area contributed by atoms with Crippen molar-refractivity contribution in [2.45, 2.75) is 25.9 Å². The van der Waals surface area contributed by atoms with E-state index in [1.54, 1.807) is 12.1 Å². The van der Waals surface area contributed by atoms with Gasteiger partial charge in [0.15, 0.2) is 0 Å². The van der Waals surface area contributed by atoms with Crippen LogP contribution >= 0.6 is 0 Å². The van der Waals surface area contributed by atoms with E-state index in [9.17, 15) is 13.2 Å². The first kappa shape index (κ1) is 29.8. The molecule has 0 saturated heterocycles. The van der Waals surface area contributed by atoms with Crippen LogP contribution in [-0.4, -0.2) is 9.13 Å². The summed E-state index contributed by atoms with van der Waals surface area (Å²) in [5, 5.41) is 4.55. The molecule has 5 heteroatoms. The summed E-state index contributed by atoms with van der Waals surface area (Å²) in [7, 11) is 0. The van der Waals surface area contributed by atoms with Crippen molar-refractivity contribution in [2.24, 2.45) is 0 Å². The van der Waals surface area contributed by atoms with Crippen LogP contribution in [0.15, 0.2) is 146 Å². The summed E-state index contributed by atoms with van der Waals surface area (Å²) in [5.41, 5.74) is 13.9. The highest BCUT2D eigenvalue weighted by Gasteiger charge is 2.30. The van der Waals surface area contributed by atoms with Gasteiger partial charge in [-0.2, -0.15) is 13.2 Å². The predicted molar refractivity (Wildman–Crippen MR) is 203 cm³/mol. The van der Waals surface area contributed by atoms with E-state index >= 15 is 0 Å². The molecule has 0 spiro atoms. The fourth-order valence-electron chi connectivity index (χ4n) is 8.44. The molecule has 10 rings (SSSR count). The lowest BCUT2D eigenvalue weighted by atomic mass is 9.88. The maximum absolute atomic E-state index is 13.5. The molecule has 1 atom stereocenters. The number of hydrogen-bond acceptors (Lipinski definition) is 0. The van der Waals surface area contributed by atoms with Crippen molar-refractivity contribution >= 4 is 43.6 Å². The van der Waals surface area contributed by atoms with Crippen molar-refractivity contribution in [2.75, 3.05) is 0 Å². The standard InChI is InChI=1S/C46H31F3N2/c1-27-8-3-4-9-34(27)31-16-23-43-40(26-31)39-25-30(14-21-42(39)50(43)33-19-17-32(18-20-33)46(47,48)49)29-15-22-44-38(24-29)37-12-7-11-36-28(2)35-10-5-6-13-41(35)51(44)45(36)37/h3-26,28H,1-2H3. The second-order valence-corrected chi connectivity index (χ2v) is 13.8. The molecular weight excluding hydrogens is 638 g/mol. The van der Waals surface area contributed by atoms with Crippen molar-refractivity contribution < 1.29 is 13.2 Å². The highest BCUT2D eigenvalue weighted by Crippen LogP contribution is 2.45. The lowest BCUT2D eigenvalue weighted by Gasteiger charge is -2.25. The first-order valence-corrected chi connectivity index (χ1v) is 17.2. The molecule has 1 aliphatic heterocycles. The molecule has 0 aliphatic carbocycles. The number of aromatic nitrogens is 2. The van der Waals surface area contributed by atoms with E-state index in [1.807, 2.05) is 12.1 Å². The molecule has 0 amide bonds. The van der Waals surface area contributed by atoms with Gasteiger partial charge in [0.1, 0.15) is 0 Å². The summed E-state index contributed by atoms with van der Waals surface area (Å²) in [6.45, 7) is 4.40. The van der Waals surface area contributed by atoms with Crippen LogP contribution in [0.2, 0.25) is 0 Å².